The summed E-state index contributed by atoms with van der Waals surface area (Å²) >= 11 is 0. The molecule has 0 atom stereocenters. The van der Waals surface area contributed by atoms with E-state index in [4.69, 9.17) is 4.98 Å². The Labute approximate surface area is 229 Å². The zero-order valence-corrected chi connectivity index (χ0v) is 21.5. The zero-order chi connectivity index (χ0) is 26.2. The Bertz CT molecular complexity index is 2430. The molecule has 0 amide bonds. The van der Waals surface area contributed by atoms with Crippen LogP contribution >= 0.6 is 0 Å². The van der Waals surface area contributed by atoms with Crippen molar-refractivity contribution in [3.63, 3.8) is 0 Å². The SMILES string of the molecule is c1ccc(-n2c3cc4ccccc4cc3c3c2ccc2c4ccccc4n(-c4nccc5ncccc45)c23)cc1. The maximum absolute atomic E-state index is 4.97. The van der Waals surface area contributed by atoms with E-state index in [9.17, 15) is 0 Å². The molecule has 4 heteroatoms. The first kappa shape index (κ1) is 21.5. The molecule has 0 spiro atoms. The number of nitrogens with zero attached hydrogens (tertiary/aromatic N) is 4. The second-order valence-corrected chi connectivity index (χ2v) is 10.3. The third kappa shape index (κ3) is 2.85. The van der Waals surface area contributed by atoms with E-state index in [-0.39, 0.29) is 0 Å². The van der Waals surface area contributed by atoms with Crippen molar-refractivity contribution in [2.45, 2.75) is 0 Å². The zero-order valence-electron chi connectivity index (χ0n) is 21.5. The summed E-state index contributed by atoms with van der Waals surface area (Å²) in [5.41, 5.74) is 6.74. The lowest BCUT2D eigenvalue weighted by Crippen LogP contribution is -1.99. The van der Waals surface area contributed by atoms with Crippen molar-refractivity contribution >= 4 is 65.3 Å². The molecule has 0 aliphatic heterocycles. The molecule has 0 saturated carbocycles. The van der Waals surface area contributed by atoms with Crippen molar-refractivity contribution < 1.29 is 0 Å². The van der Waals surface area contributed by atoms with Crippen LogP contribution in [0.2, 0.25) is 0 Å². The molecule has 0 aliphatic rings. The van der Waals surface area contributed by atoms with Gasteiger partial charge in [0.25, 0.3) is 0 Å². The van der Waals surface area contributed by atoms with E-state index in [0.29, 0.717) is 0 Å². The lowest BCUT2D eigenvalue weighted by Gasteiger charge is -2.11. The van der Waals surface area contributed by atoms with E-state index in [0.717, 1.165) is 33.4 Å². The molecule has 4 aromatic heterocycles. The molecule has 0 aliphatic carbocycles. The molecule has 4 nitrogen and oxygen atoms in total. The number of hydrogen-bond acceptors (Lipinski definition) is 2. The van der Waals surface area contributed by atoms with E-state index < -0.39 is 0 Å². The number of fused-ring (bicyclic) bond motifs is 9. The topological polar surface area (TPSA) is 35.6 Å². The first-order valence-electron chi connectivity index (χ1n) is 13.5. The molecule has 40 heavy (non-hydrogen) atoms. The standard InChI is InChI=1S/C36H22N4/c1-2-11-25(12-3-1)39-32-17-16-27-26-13-6-7-15-31(26)40(36-28-14-8-19-37-30(28)18-20-38-36)35(27)34(32)29-21-23-9-4-5-10-24(23)22-33(29)39/h1-22H. The highest BCUT2D eigenvalue weighted by atomic mass is 15.1. The van der Waals surface area contributed by atoms with Crippen LogP contribution in [-0.4, -0.2) is 19.1 Å². The van der Waals surface area contributed by atoms with Crippen molar-refractivity contribution in [3.8, 4) is 11.5 Å². The summed E-state index contributed by atoms with van der Waals surface area (Å²) in [6.45, 7) is 0. The highest BCUT2D eigenvalue weighted by molar-refractivity contribution is 6.27. The van der Waals surface area contributed by atoms with Gasteiger partial charge < -0.3 is 4.57 Å². The van der Waals surface area contributed by atoms with Crippen molar-refractivity contribution in [3.05, 3.63) is 134 Å². The van der Waals surface area contributed by atoms with Gasteiger partial charge in [-0.3, -0.25) is 9.55 Å². The van der Waals surface area contributed by atoms with Gasteiger partial charge >= 0.3 is 0 Å². The average Bonchev–Trinajstić information content (AvgIpc) is 3.52. The summed E-state index contributed by atoms with van der Waals surface area (Å²) in [6.07, 6.45) is 3.71. The first-order chi connectivity index (χ1) is 19.9. The van der Waals surface area contributed by atoms with E-state index >= 15 is 0 Å². The van der Waals surface area contributed by atoms with Crippen molar-refractivity contribution in [1.82, 2.24) is 19.1 Å². The molecule has 4 heterocycles. The Balaban J connectivity index is 1.57. The van der Waals surface area contributed by atoms with Gasteiger partial charge in [0, 0.05) is 45.0 Å². The van der Waals surface area contributed by atoms with Crippen LogP contribution in [0.15, 0.2) is 134 Å². The van der Waals surface area contributed by atoms with E-state index in [2.05, 4.69) is 123 Å². The van der Waals surface area contributed by atoms with Gasteiger partial charge in [-0.2, -0.15) is 0 Å². The molecule has 186 valence electrons. The number of para-hydroxylation sites is 2. The Morgan fingerprint density at radius 2 is 1.23 bits per heavy atom. The van der Waals surface area contributed by atoms with Crippen LogP contribution < -0.4 is 0 Å². The van der Waals surface area contributed by atoms with E-state index in [1.165, 1.54) is 43.4 Å². The van der Waals surface area contributed by atoms with Crippen LogP contribution in [0, 0.1) is 0 Å². The van der Waals surface area contributed by atoms with E-state index in [1.54, 1.807) is 0 Å². The van der Waals surface area contributed by atoms with Crippen LogP contribution in [0.3, 0.4) is 0 Å². The van der Waals surface area contributed by atoms with Crippen LogP contribution in [0.5, 0.6) is 0 Å². The third-order valence-electron chi connectivity index (χ3n) is 8.16. The van der Waals surface area contributed by atoms with Gasteiger partial charge in [0.2, 0.25) is 0 Å². The smallest absolute Gasteiger partial charge is 0.147 e. The number of benzene rings is 5. The van der Waals surface area contributed by atoms with E-state index in [1.807, 2.05) is 24.5 Å². The van der Waals surface area contributed by atoms with Gasteiger partial charge in [-0.25, -0.2) is 4.98 Å². The summed E-state index contributed by atoms with van der Waals surface area (Å²) in [5.74, 6) is 0.894. The minimum Gasteiger partial charge on any atom is -0.309 e. The van der Waals surface area contributed by atoms with Gasteiger partial charge in [0.05, 0.1) is 27.6 Å². The number of hydrogen-bond donors (Lipinski definition) is 0. The van der Waals surface area contributed by atoms with Gasteiger partial charge in [0.1, 0.15) is 5.82 Å². The maximum Gasteiger partial charge on any atom is 0.147 e. The van der Waals surface area contributed by atoms with Gasteiger partial charge in [-0.15, -0.1) is 0 Å². The molecule has 0 bridgehead atoms. The predicted octanol–water partition coefficient (Wildman–Crippen LogP) is 8.98. The monoisotopic (exact) mass is 510 g/mol. The Kier molecular flexibility index (Phi) is 4.30. The molecule has 9 rings (SSSR count). The van der Waals surface area contributed by atoms with Crippen molar-refractivity contribution in [2.75, 3.05) is 0 Å². The molecule has 0 unspecified atom stereocenters. The maximum atomic E-state index is 4.97. The fraction of sp³-hybridized carbons (Fsp3) is 0. The van der Waals surface area contributed by atoms with Crippen LogP contribution in [-0.2, 0) is 0 Å². The first-order valence-corrected chi connectivity index (χ1v) is 13.5. The molecular formula is C36H22N4. The lowest BCUT2D eigenvalue weighted by atomic mass is 10.0. The fourth-order valence-corrected chi connectivity index (χ4v) is 6.48. The van der Waals surface area contributed by atoms with Crippen molar-refractivity contribution in [1.29, 1.82) is 0 Å². The minimum atomic E-state index is 0.894. The predicted molar refractivity (Wildman–Crippen MR) is 166 cm³/mol. The Morgan fingerprint density at radius 1 is 0.450 bits per heavy atom. The molecule has 0 N–H and O–H groups in total. The summed E-state index contributed by atoms with van der Waals surface area (Å²) in [4.78, 5) is 9.61. The number of rotatable bonds is 2. The van der Waals surface area contributed by atoms with Gasteiger partial charge in [-0.05, 0) is 65.4 Å². The lowest BCUT2D eigenvalue weighted by molar-refractivity contribution is 1.10. The fourth-order valence-electron chi connectivity index (χ4n) is 6.48. The summed E-state index contributed by atoms with van der Waals surface area (Å²) in [6, 6.07) is 43.3. The quantitative estimate of drug-likeness (QED) is 0.233. The number of aromatic nitrogens is 4. The summed E-state index contributed by atoms with van der Waals surface area (Å²) in [7, 11) is 0. The minimum absolute atomic E-state index is 0.894. The second kappa shape index (κ2) is 8.01. The molecule has 9 aromatic rings. The molecular weight excluding hydrogens is 488 g/mol. The highest BCUT2D eigenvalue weighted by Gasteiger charge is 2.22. The average molecular weight is 511 g/mol. The Morgan fingerprint density at radius 3 is 2.12 bits per heavy atom. The highest BCUT2D eigenvalue weighted by Crippen LogP contribution is 2.43. The van der Waals surface area contributed by atoms with Crippen LogP contribution in [0.25, 0.3) is 76.8 Å². The van der Waals surface area contributed by atoms with Gasteiger partial charge in [-0.1, -0.05) is 66.7 Å². The van der Waals surface area contributed by atoms with Crippen LogP contribution in [0.1, 0.15) is 0 Å². The number of pyridine rings is 2. The Hall–Kier alpha value is -5.48. The second-order valence-electron chi connectivity index (χ2n) is 10.3. The van der Waals surface area contributed by atoms with Crippen LogP contribution in [0.4, 0.5) is 0 Å². The normalized spacial score (nSPS) is 12.0. The molecule has 0 saturated heterocycles. The summed E-state index contributed by atoms with van der Waals surface area (Å²) in [5, 5.41) is 8.37. The summed E-state index contributed by atoms with van der Waals surface area (Å²) < 4.78 is 4.75. The molecule has 0 radical (unpaired) electrons. The third-order valence-corrected chi connectivity index (χ3v) is 8.16. The largest absolute Gasteiger partial charge is 0.309 e. The van der Waals surface area contributed by atoms with Crippen molar-refractivity contribution in [2.24, 2.45) is 0 Å². The van der Waals surface area contributed by atoms with Gasteiger partial charge in [0.15, 0.2) is 0 Å². The molecule has 0 fully saturated rings. The molecule has 5 aromatic carbocycles.